The molecule has 1 aromatic rings. The van der Waals surface area contributed by atoms with Crippen LogP contribution in [-0.2, 0) is 9.47 Å². The highest BCUT2D eigenvalue weighted by Crippen LogP contribution is 2.31. The number of rotatable bonds is 1. The minimum absolute atomic E-state index is 0.490. The molecule has 0 bridgehead atoms. The lowest BCUT2D eigenvalue weighted by Crippen LogP contribution is -2.08. The van der Waals surface area contributed by atoms with Gasteiger partial charge in [0.05, 0.1) is 20.3 Å². The smallest absolute Gasteiger partial charge is 0.164 e. The van der Waals surface area contributed by atoms with Gasteiger partial charge >= 0.3 is 0 Å². The van der Waals surface area contributed by atoms with Gasteiger partial charge in [0, 0.05) is 19.3 Å². The molecule has 0 N–H and O–H groups in total. The van der Waals surface area contributed by atoms with E-state index in [2.05, 4.69) is 0 Å². The van der Waals surface area contributed by atoms with E-state index in [4.69, 9.17) is 23.7 Å². The Balaban J connectivity index is 2.03. The van der Waals surface area contributed by atoms with Gasteiger partial charge in [-0.1, -0.05) is 0 Å². The molecule has 1 aliphatic heterocycles. The van der Waals surface area contributed by atoms with Gasteiger partial charge in [0.15, 0.2) is 11.5 Å². The summed E-state index contributed by atoms with van der Waals surface area (Å²) in [7, 11) is 1.62. The molecule has 19 heavy (non-hydrogen) atoms. The van der Waals surface area contributed by atoms with Gasteiger partial charge in [-0.3, -0.25) is 0 Å². The molecule has 0 aliphatic carbocycles. The molecule has 0 spiro atoms. The Morgan fingerprint density at radius 3 is 2.21 bits per heavy atom. The van der Waals surface area contributed by atoms with Gasteiger partial charge in [-0.05, 0) is 18.6 Å². The molecule has 1 aliphatic rings. The van der Waals surface area contributed by atoms with E-state index in [-0.39, 0.29) is 0 Å². The van der Waals surface area contributed by atoms with Crippen LogP contribution in [0.2, 0.25) is 0 Å². The summed E-state index contributed by atoms with van der Waals surface area (Å²) in [6, 6.07) is 5.50. The minimum Gasteiger partial charge on any atom is -0.497 e. The van der Waals surface area contributed by atoms with Crippen LogP contribution in [0.25, 0.3) is 0 Å². The van der Waals surface area contributed by atoms with Crippen LogP contribution in [0.5, 0.6) is 17.2 Å². The highest BCUT2D eigenvalue weighted by molar-refractivity contribution is 5.45. The van der Waals surface area contributed by atoms with Crippen molar-refractivity contribution in [3.05, 3.63) is 18.2 Å². The van der Waals surface area contributed by atoms with Gasteiger partial charge in [0.1, 0.15) is 19.0 Å². The zero-order chi connectivity index (χ0) is 13.3. The van der Waals surface area contributed by atoms with Gasteiger partial charge in [0.25, 0.3) is 0 Å². The number of methoxy groups -OCH3 is 1. The van der Waals surface area contributed by atoms with E-state index in [9.17, 15) is 0 Å². The summed E-state index contributed by atoms with van der Waals surface area (Å²) in [5.41, 5.74) is 0. The predicted octanol–water partition coefficient (Wildman–Crippen LogP) is 1.89. The molecule has 0 amide bonds. The molecule has 5 heteroatoms. The molecule has 0 saturated heterocycles. The van der Waals surface area contributed by atoms with Crippen LogP contribution < -0.4 is 14.2 Å². The number of fused-ring (bicyclic) bond motifs is 1. The zero-order valence-electron chi connectivity index (χ0n) is 11.2. The molecule has 0 unspecified atom stereocenters. The Morgan fingerprint density at radius 1 is 0.842 bits per heavy atom. The summed E-state index contributed by atoms with van der Waals surface area (Å²) in [5, 5.41) is 0. The van der Waals surface area contributed by atoms with Crippen molar-refractivity contribution in [2.45, 2.75) is 6.42 Å². The monoisotopic (exact) mass is 268 g/mol. The summed E-state index contributed by atoms with van der Waals surface area (Å²) >= 11 is 0. The second-order valence-electron chi connectivity index (χ2n) is 4.09. The van der Waals surface area contributed by atoms with Crippen molar-refractivity contribution in [3.63, 3.8) is 0 Å². The van der Waals surface area contributed by atoms with Crippen LogP contribution in [-0.4, -0.2) is 46.8 Å². The summed E-state index contributed by atoms with van der Waals surface area (Å²) in [6.07, 6.45) is 0.890. The first-order valence-corrected chi connectivity index (χ1v) is 6.49. The van der Waals surface area contributed by atoms with Crippen molar-refractivity contribution in [1.82, 2.24) is 0 Å². The van der Waals surface area contributed by atoms with E-state index in [1.54, 1.807) is 7.11 Å². The second-order valence-corrected chi connectivity index (χ2v) is 4.09. The van der Waals surface area contributed by atoms with Crippen LogP contribution >= 0.6 is 0 Å². The second kappa shape index (κ2) is 7.86. The van der Waals surface area contributed by atoms with E-state index in [1.165, 1.54) is 0 Å². The lowest BCUT2D eigenvalue weighted by Gasteiger charge is -2.13. The molecule has 0 radical (unpaired) electrons. The minimum atomic E-state index is 0.490. The predicted molar refractivity (Wildman–Crippen MR) is 70.2 cm³/mol. The molecule has 0 atom stereocenters. The van der Waals surface area contributed by atoms with Crippen LogP contribution in [0.1, 0.15) is 6.42 Å². The van der Waals surface area contributed by atoms with Crippen molar-refractivity contribution in [1.29, 1.82) is 0 Å². The number of hydrogen-bond donors (Lipinski definition) is 0. The van der Waals surface area contributed by atoms with Crippen molar-refractivity contribution in [3.8, 4) is 17.2 Å². The van der Waals surface area contributed by atoms with E-state index in [0.717, 1.165) is 12.2 Å². The normalized spacial score (nSPS) is 17.7. The van der Waals surface area contributed by atoms with Crippen molar-refractivity contribution < 1.29 is 23.7 Å². The first kappa shape index (κ1) is 14.0. The van der Waals surface area contributed by atoms with E-state index in [1.807, 2.05) is 18.2 Å². The van der Waals surface area contributed by atoms with Crippen molar-refractivity contribution >= 4 is 0 Å². The molecule has 5 nitrogen and oxygen atoms in total. The molecular weight excluding hydrogens is 248 g/mol. The molecule has 0 aromatic heterocycles. The fraction of sp³-hybridized carbons (Fsp3) is 0.571. The van der Waals surface area contributed by atoms with Crippen LogP contribution in [0, 0.1) is 0 Å². The highest BCUT2D eigenvalue weighted by atomic mass is 16.6. The largest absolute Gasteiger partial charge is 0.497 e. The van der Waals surface area contributed by atoms with Crippen LogP contribution in [0.4, 0.5) is 0 Å². The van der Waals surface area contributed by atoms with Crippen LogP contribution in [0.15, 0.2) is 18.2 Å². The Hall–Kier alpha value is -1.46. The summed E-state index contributed by atoms with van der Waals surface area (Å²) in [6.45, 7) is 3.49. The third-order valence-corrected chi connectivity index (χ3v) is 2.70. The van der Waals surface area contributed by atoms with E-state index < -0.39 is 0 Å². The molecule has 2 rings (SSSR count). The molecule has 0 fully saturated rings. The number of hydrogen-bond acceptors (Lipinski definition) is 5. The SMILES string of the molecule is COc1ccc2c(c1)OCCOCCCOCCO2. The fourth-order valence-electron chi connectivity index (χ4n) is 1.74. The third-order valence-electron chi connectivity index (χ3n) is 2.70. The molecule has 1 heterocycles. The maximum absolute atomic E-state index is 5.67. The Kier molecular flexibility index (Phi) is 5.78. The van der Waals surface area contributed by atoms with Gasteiger partial charge in [0.2, 0.25) is 0 Å². The fourth-order valence-corrected chi connectivity index (χ4v) is 1.74. The maximum Gasteiger partial charge on any atom is 0.164 e. The molecule has 0 saturated carbocycles. The number of ether oxygens (including phenoxy) is 5. The first-order valence-electron chi connectivity index (χ1n) is 6.49. The van der Waals surface area contributed by atoms with Gasteiger partial charge < -0.3 is 23.7 Å². The average molecular weight is 268 g/mol. The first-order chi connectivity index (χ1) is 9.40. The third kappa shape index (κ3) is 4.61. The Bertz CT molecular complexity index is 380. The van der Waals surface area contributed by atoms with E-state index in [0.29, 0.717) is 51.1 Å². The zero-order valence-corrected chi connectivity index (χ0v) is 11.2. The molecular formula is C14H20O5. The van der Waals surface area contributed by atoms with Crippen molar-refractivity contribution in [2.75, 3.05) is 46.8 Å². The lowest BCUT2D eigenvalue weighted by molar-refractivity contribution is 0.0638. The van der Waals surface area contributed by atoms with Crippen LogP contribution in [0.3, 0.4) is 0 Å². The Labute approximate surface area is 113 Å². The molecule has 106 valence electrons. The molecule has 1 aromatic carbocycles. The van der Waals surface area contributed by atoms with Gasteiger partial charge in [-0.2, -0.15) is 0 Å². The Morgan fingerprint density at radius 2 is 1.53 bits per heavy atom. The lowest BCUT2D eigenvalue weighted by atomic mass is 10.3. The maximum atomic E-state index is 5.67. The summed E-state index contributed by atoms with van der Waals surface area (Å²) < 4.78 is 27.4. The van der Waals surface area contributed by atoms with Gasteiger partial charge in [-0.25, -0.2) is 0 Å². The standard InChI is InChI=1S/C14H20O5/c1-15-12-3-4-13-14(11-12)19-10-8-17-6-2-5-16-7-9-18-13/h3-4,11H,2,5-10H2,1H3. The average Bonchev–Trinajstić information content (AvgIpc) is 2.47. The number of benzene rings is 1. The van der Waals surface area contributed by atoms with Gasteiger partial charge in [-0.15, -0.1) is 0 Å². The van der Waals surface area contributed by atoms with Crippen molar-refractivity contribution in [2.24, 2.45) is 0 Å². The quantitative estimate of drug-likeness (QED) is 0.778. The summed E-state index contributed by atoms with van der Waals surface area (Å²) in [5.74, 6) is 2.11. The topological polar surface area (TPSA) is 46.2 Å². The van der Waals surface area contributed by atoms with E-state index >= 15 is 0 Å². The summed E-state index contributed by atoms with van der Waals surface area (Å²) in [4.78, 5) is 0. The highest BCUT2D eigenvalue weighted by Gasteiger charge is 2.08.